The molecule has 0 spiro atoms. The predicted molar refractivity (Wildman–Crippen MR) is 65.2 cm³/mol. The van der Waals surface area contributed by atoms with Crippen molar-refractivity contribution in [3.05, 3.63) is 0 Å². The Morgan fingerprint density at radius 2 is 1.44 bits per heavy atom. The monoisotopic (exact) mass is 223 g/mol. The van der Waals surface area contributed by atoms with Crippen LogP contribution in [0.4, 0.5) is 0 Å². The van der Waals surface area contributed by atoms with Gasteiger partial charge in [-0.2, -0.15) is 0 Å². The molecule has 1 unspecified atom stereocenters. The van der Waals surface area contributed by atoms with Gasteiger partial charge in [-0.05, 0) is 56.3 Å². The van der Waals surface area contributed by atoms with Gasteiger partial charge in [-0.25, -0.2) is 0 Å². The first-order valence-corrected chi connectivity index (χ1v) is 7.26. The van der Waals surface area contributed by atoms with Crippen molar-refractivity contribution in [1.82, 2.24) is 5.32 Å². The van der Waals surface area contributed by atoms with Gasteiger partial charge in [0.1, 0.15) is 0 Å². The van der Waals surface area contributed by atoms with Crippen LogP contribution >= 0.6 is 0 Å². The quantitative estimate of drug-likeness (QED) is 0.724. The van der Waals surface area contributed by atoms with Crippen LogP contribution in [0.1, 0.15) is 51.4 Å². The maximum Gasteiger partial charge on any atom is 0.0692 e. The normalized spacial score (nSPS) is 28.9. The fourth-order valence-corrected chi connectivity index (χ4v) is 3.39. The van der Waals surface area contributed by atoms with E-state index < -0.39 is 0 Å². The number of rotatable bonds is 6. The highest BCUT2D eigenvalue weighted by Crippen LogP contribution is 2.44. The van der Waals surface area contributed by atoms with Gasteiger partial charge >= 0.3 is 0 Å². The first kappa shape index (κ1) is 11.0. The molecule has 2 N–H and O–H groups in total. The van der Waals surface area contributed by atoms with Crippen LogP contribution in [0.15, 0.2) is 0 Å². The lowest BCUT2D eigenvalue weighted by atomic mass is 10.00. The first-order chi connectivity index (χ1) is 7.84. The smallest absolute Gasteiger partial charge is 0.0692 e. The Morgan fingerprint density at radius 1 is 0.875 bits per heavy atom. The molecular formula is C14H25NO. The Hall–Kier alpha value is -0.0800. The molecule has 0 bridgehead atoms. The summed E-state index contributed by atoms with van der Waals surface area (Å²) in [5.74, 6) is 2.48. The molecule has 2 nitrogen and oxygen atoms in total. The maximum atomic E-state index is 10.1. The number of aliphatic hydroxyl groups is 1. The SMILES string of the molecule is OC(CNC(C1CC1)C1CC1)C1CCCC1. The van der Waals surface area contributed by atoms with E-state index in [0.29, 0.717) is 5.92 Å². The fourth-order valence-electron chi connectivity index (χ4n) is 3.39. The van der Waals surface area contributed by atoms with E-state index in [4.69, 9.17) is 0 Å². The zero-order chi connectivity index (χ0) is 11.0. The van der Waals surface area contributed by atoms with E-state index in [0.717, 1.165) is 24.4 Å². The minimum absolute atomic E-state index is 0.0810. The van der Waals surface area contributed by atoms with Crippen LogP contribution in [0.3, 0.4) is 0 Å². The van der Waals surface area contributed by atoms with E-state index in [1.165, 1.54) is 51.4 Å². The molecule has 3 aliphatic carbocycles. The van der Waals surface area contributed by atoms with Crippen molar-refractivity contribution < 1.29 is 5.11 Å². The zero-order valence-corrected chi connectivity index (χ0v) is 10.2. The topological polar surface area (TPSA) is 32.3 Å². The van der Waals surface area contributed by atoms with Gasteiger partial charge in [-0.1, -0.05) is 12.8 Å². The largest absolute Gasteiger partial charge is 0.392 e. The van der Waals surface area contributed by atoms with Crippen molar-refractivity contribution in [2.45, 2.75) is 63.5 Å². The average molecular weight is 223 g/mol. The second-order valence-corrected chi connectivity index (χ2v) is 6.22. The molecule has 0 aromatic carbocycles. The van der Waals surface area contributed by atoms with E-state index in [-0.39, 0.29) is 6.10 Å². The van der Waals surface area contributed by atoms with Crippen LogP contribution in [0, 0.1) is 17.8 Å². The number of hydrogen-bond donors (Lipinski definition) is 2. The van der Waals surface area contributed by atoms with E-state index in [1.807, 2.05) is 0 Å². The van der Waals surface area contributed by atoms with Crippen molar-refractivity contribution >= 4 is 0 Å². The van der Waals surface area contributed by atoms with E-state index in [9.17, 15) is 5.11 Å². The molecule has 3 aliphatic rings. The molecule has 3 rings (SSSR count). The summed E-state index contributed by atoms with van der Waals surface area (Å²) in [7, 11) is 0. The van der Waals surface area contributed by atoms with Crippen molar-refractivity contribution in [3.63, 3.8) is 0 Å². The van der Waals surface area contributed by atoms with Crippen molar-refractivity contribution in [3.8, 4) is 0 Å². The molecule has 0 saturated heterocycles. The molecule has 0 aromatic rings. The molecule has 2 heteroatoms. The number of nitrogens with one attached hydrogen (secondary N) is 1. The fraction of sp³-hybridized carbons (Fsp3) is 1.00. The third kappa shape index (κ3) is 2.60. The second kappa shape index (κ2) is 4.66. The zero-order valence-electron chi connectivity index (χ0n) is 10.2. The van der Waals surface area contributed by atoms with Crippen LogP contribution in [-0.4, -0.2) is 23.8 Å². The van der Waals surface area contributed by atoms with Crippen molar-refractivity contribution in [2.75, 3.05) is 6.54 Å². The predicted octanol–water partition coefficient (Wildman–Crippen LogP) is 2.32. The van der Waals surface area contributed by atoms with Gasteiger partial charge in [0, 0.05) is 12.6 Å². The van der Waals surface area contributed by atoms with E-state index in [1.54, 1.807) is 0 Å². The van der Waals surface area contributed by atoms with Gasteiger partial charge in [0.25, 0.3) is 0 Å². The minimum atomic E-state index is -0.0810. The lowest BCUT2D eigenvalue weighted by Gasteiger charge is -2.23. The minimum Gasteiger partial charge on any atom is -0.392 e. The van der Waals surface area contributed by atoms with Gasteiger partial charge in [-0.15, -0.1) is 0 Å². The molecule has 3 saturated carbocycles. The third-order valence-corrected chi connectivity index (χ3v) is 4.77. The Labute approximate surface area is 98.8 Å². The standard InChI is InChI=1S/C14H25NO/c16-13(10-3-1-2-4-10)9-15-14(11-5-6-11)12-7-8-12/h10-16H,1-9H2. The molecule has 3 fully saturated rings. The Balaban J connectivity index is 1.43. The summed E-state index contributed by atoms with van der Waals surface area (Å²) < 4.78 is 0. The molecule has 0 amide bonds. The molecular weight excluding hydrogens is 198 g/mol. The van der Waals surface area contributed by atoms with E-state index >= 15 is 0 Å². The summed E-state index contributed by atoms with van der Waals surface area (Å²) in [4.78, 5) is 0. The summed E-state index contributed by atoms with van der Waals surface area (Å²) in [5, 5.41) is 13.8. The Kier molecular flexibility index (Phi) is 3.21. The lowest BCUT2D eigenvalue weighted by molar-refractivity contribution is 0.104. The van der Waals surface area contributed by atoms with Crippen LogP contribution in [0.2, 0.25) is 0 Å². The summed E-state index contributed by atoms with van der Waals surface area (Å²) >= 11 is 0. The van der Waals surface area contributed by atoms with Crippen molar-refractivity contribution in [2.24, 2.45) is 17.8 Å². The van der Waals surface area contributed by atoms with Crippen molar-refractivity contribution in [1.29, 1.82) is 0 Å². The molecule has 0 heterocycles. The van der Waals surface area contributed by atoms with Gasteiger partial charge in [0.15, 0.2) is 0 Å². The molecule has 0 radical (unpaired) electrons. The van der Waals surface area contributed by atoms with Crippen LogP contribution in [0.25, 0.3) is 0 Å². The summed E-state index contributed by atoms with van der Waals surface area (Å²) in [6.07, 6.45) is 10.8. The average Bonchev–Trinajstić information content (AvgIpc) is 3.21. The third-order valence-electron chi connectivity index (χ3n) is 4.77. The summed E-state index contributed by atoms with van der Waals surface area (Å²) in [6, 6.07) is 0.746. The maximum absolute atomic E-state index is 10.1. The summed E-state index contributed by atoms with van der Waals surface area (Å²) in [5.41, 5.74) is 0. The highest BCUT2D eigenvalue weighted by molar-refractivity contribution is 4.96. The highest BCUT2D eigenvalue weighted by Gasteiger charge is 2.41. The second-order valence-electron chi connectivity index (χ2n) is 6.22. The number of aliphatic hydroxyl groups excluding tert-OH is 1. The van der Waals surface area contributed by atoms with Gasteiger partial charge in [-0.3, -0.25) is 0 Å². The van der Waals surface area contributed by atoms with Crippen LogP contribution in [-0.2, 0) is 0 Å². The first-order valence-electron chi connectivity index (χ1n) is 7.26. The lowest BCUT2D eigenvalue weighted by Crippen LogP contribution is -2.40. The molecule has 0 aliphatic heterocycles. The van der Waals surface area contributed by atoms with E-state index in [2.05, 4.69) is 5.32 Å². The molecule has 0 aromatic heterocycles. The molecule has 1 atom stereocenters. The Morgan fingerprint density at radius 3 is 1.94 bits per heavy atom. The molecule has 16 heavy (non-hydrogen) atoms. The highest BCUT2D eigenvalue weighted by atomic mass is 16.3. The number of hydrogen-bond acceptors (Lipinski definition) is 2. The Bertz CT molecular complexity index is 217. The summed E-state index contributed by atoms with van der Waals surface area (Å²) in [6.45, 7) is 0.850. The van der Waals surface area contributed by atoms with Gasteiger partial charge < -0.3 is 10.4 Å². The van der Waals surface area contributed by atoms with Crippen LogP contribution < -0.4 is 5.32 Å². The molecule has 92 valence electrons. The van der Waals surface area contributed by atoms with Crippen LogP contribution in [0.5, 0.6) is 0 Å². The van der Waals surface area contributed by atoms with Gasteiger partial charge in [0.05, 0.1) is 6.10 Å². The van der Waals surface area contributed by atoms with Gasteiger partial charge in [0.2, 0.25) is 0 Å².